The topological polar surface area (TPSA) is 94.3 Å². The molecule has 0 bridgehead atoms. The zero-order valence-corrected chi connectivity index (χ0v) is 13.1. The molecule has 0 spiro atoms. The zero-order chi connectivity index (χ0) is 18.1. The van der Waals surface area contributed by atoms with Crippen molar-refractivity contribution in [1.29, 1.82) is 0 Å². The highest BCUT2D eigenvalue weighted by Crippen LogP contribution is 2.23. The number of sulfonamides is 1. The number of benzene rings is 2. The summed E-state index contributed by atoms with van der Waals surface area (Å²) in [6, 6.07) is 9.21. The summed E-state index contributed by atoms with van der Waals surface area (Å²) in [5.74, 6) is -0.391. The van der Waals surface area contributed by atoms with Gasteiger partial charge in [0.05, 0.1) is 0 Å². The molecule has 0 aliphatic heterocycles. The van der Waals surface area contributed by atoms with Crippen molar-refractivity contribution in [2.75, 3.05) is 0 Å². The molecule has 132 valence electrons. The molecule has 1 heterocycles. The first-order chi connectivity index (χ1) is 11.7. The van der Waals surface area contributed by atoms with E-state index in [4.69, 9.17) is 0 Å². The molecule has 1 aromatic heterocycles. The lowest BCUT2D eigenvalue weighted by atomic mass is 10.2. The maximum absolute atomic E-state index is 12.4. The minimum atomic E-state index is -4.78. The van der Waals surface area contributed by atoms with Crippen molar-refractivity contribution < 1.29 is 31.0 Å². The van der Waals surface area contributed by atoms with E-state index < -0.39 is 22.1 Å². The van der Waals surface area contributed by atoms with E-state index in [1.54, 1.807) is 6.07 Å². The molecule has 0 amide bonds. The van der Waals surface area contributed by atoms with E-state index >= 15 is 0 Å². The van der Waals surface area contributed by atoms with Gasteiger partial charge in [0, 0.05) is 6.54 Å². The van der Waals surface area contributed by atoms with Crippen LogP contribution < -0.4 is 9.46 Å². The second-order valence-corrected chi connectivity index (χ2v) is 6.64. The average molecular weight is 373 g/mol. The third-order valence-electron chi connectivity index (χ3n) is 3.16. The molecule has 0 saturated carbocycles. The molecular formula is C14H10F3N3O4S. The molecule has 3 aromatic rings. The smallest absolute Gasteiger partial charge is 0.406 e. The maximum Gasteiger partial charge on any atom is 0.573 e. The van der Waals surface area contributed by atoms with Crippen LogP contribution in [0.15, 0.2) is 52.0 Å². The minimum Gasteiger partial charge on any atom is -0.406 e. The van der Waals surface area contributed by atoms with E-state index in [0.717, 1.165) is 12.1 Å². The number of halogens is 3. The number of alkyl halides is 3. The third-order valence-corrected chi connectivity index (χ3v) is 4.59. The molecule has 2 aromatic carbocycles. The van der Waals surface area contributed by atoms with Gasteiger partial charge in [0.15, 0.2) is 5.52 Å². The number of nitrogens with zero attached hydrogens (tertiary/aromatic N) is 2. The highest BCUT2D eigenvalue weighted by atomic mass is 32.2. The Bertz CT molecular complexity index is 984. The fraction of sp³-hybridized carbons (Fsp3) is 0.143. The summed E-state index contributed by atoms with van der Waals surface area (Å²) in [6.45, 7) is -0.129. The second-order valence-electron chi connectivity index (χ2n) is 4.90. The number of fused-ring (bicyclic) bond motifs is 1. The largest absolute Gasteiger partial charge is 0.573 e. The van der Waals surface area contributed by atoms with Gasteiger partial charge in [-0.15, -0.1) is 13.2 Å². The molecule has 0 radical (unpaired) electrons. The van der Waals surface area contributed by atoms with Gasteiger partial charge in [0.1, 0.15) is 16.2 Å². The summed E-state index contributed by atoms with van der Waals surface area (Å²) in [6.07, 6.45) is -4.78. The van der Waals surface area contributed by atoms with E-state index in [0.29, 0.717) is 5.56 Å². The summed E-state index contributed by atoms with van der Waals surface area (Å²) in [4.78, 5) is -0.108. The summed E-state index contributed by atoms with van der Waals surface area (Å²) < 4.78 is 71.7. The SMILES string of the molecule is O=S(=O)(NCc1ccc(OC(F)(F)F)cc1)c1cccc2nonc12. The predicted octanol–water partition coefficient (Wildman–Crippen LogP) is 2.60. The van der Waals surface area contributed by atoms with Gasteiger partial charge < -0.3 is 4.74 Å². The van der Waals surface area contributed by atoms with Crippen molar-refractivity contribution in [2.24, 2.45) is 0 Å². The Hall–Kier alpha value is -2.66. The lowest BCUT2D eigenvalue weighted by Gasteiger charge is -2.10. The zero-order valence-electron chi connectivity index (χ0n) is 12.3. The average Bonchev–Trinajstić information content (AvgIpc) is 3.01. The highest BCUT2D eigenvalue weighted by Gasteiger charge is 2.31. The highest BCUT2D eigenvalue weighted by molar-refractivity contribution is 7.89. The van der Waals surface area contributed by atoms with E-state index in [9.17, 15) is 21.6 Å². The molecule has 25 heavy (non-hydrogen) atoms. The molecule has 7 nitrogen and oxygen atoms in total. The molecule has 0 aliphatic carbocycles. The quantitative estimate of drug-likeness (QED) is 0.739. The van der Waals surface area contributed by atoms with Crippen LogP contribution in [0.25, 0.3) is 11.0 Å². The normalized spacial score (nSPS) is 12.4. The van der Waals surface area contributed by atoms with Crippen molar-refractivity contribution in [3.63, 3.8) is 0 Å². The lowest BCUT2D eigenvalue weighted by molar-refractivity contribution is -0.274. The molecule has 1 N–H and O–H groups in total. The van der Waals surface area contributed by atoms with Gasteiger partial charge in [-0.1, -0.05) is 18.2 Å². The fourth-order valence-corrected chi connectivity index (χ4v) is 3.23. The summed E-state index contributed by atoms with van der Waals surface area (Å²) in [5, 5.41) is 7.12. The summed E-state index contributed by atoms with van der Waals surface area (Å²) in [5.41, 5.74) is 0.823. The van der Waals surface area contributed by atoms with Crippen molar-refractivity contribution in [3.05, 3.63) is 48.0 Å². The monoisotopic (exact) mass is 373 g/mol. The molecule has 3 rings (SSSR count). The van der Waals surface area contributed by atoms with Crippen LogP contribution in [0.2, 0.25) is 0 Å². The van der Waals surface area contributed by atoms with Gasteiger partial charge in [-0.05, 0) is 40.1 Å². The Labute approximate surface area is 139 Å². The van der Waals surface area contributed by atoms with Crippen LogP contribution in [-0.2, 0) is 16.6 Å². The number of hydrogen-bond acceptors (Lipinski definition) is 6. The van der Waals surface area contributed by atoms with Crippen LogP contribution in [0.3, 0.4) is 0 Å². The standard InChI is InChI=1S/C14H10F3N3O4S/c15-14(16,17)23-10-6-4-9(5-7-10)8-18-25(21,22)12-3-1-2-11-13(12)20-24-19-11/h1-7,18H,8H2. The Morgan fingerprint density at radius 3 is 2.48 bits per heavy atom. The van der Waals surface area contributed by atoms with Crippen molar-refractivity contribution in [1.82, 2.24) is 15.0 Å². The predicted molar refractivity (Wildman–Crippen MR) is 79.0 cm³/mol. The van der Waals surface area contributed by atoms with Gasteiger partial charge in [0.2, 0.25) is 10.0 Å². The molecular weight excluding hydrogens is 363 g/mol. The molecule has 0 fully saturated rings. The van der Waals surface area contributed by atoms with E-state index in [2.05, 4.69) is 24.4 Å². The van der Waals surface area contributed by atoms with Crippen LogP contribution in [0.1, 0.15) is 5.56 Å². The second kappa shape index (κ2) is 6.33. The Morgan fingerprint density at radius 2 is 1.80 bits per heavy atom. The third kappa shape index (κ3) is 4.06. The minimum absolute atomic E-state index is 0.0870. The Morgan fingerprint density at radius 1 is 1.08 bits per heavy atom. The van der Waals surface area contributed by atoms with Crippen molar-refractivity contribution >= 4 is 21.1 Å². The first-order valence-electron chi connectivity index (χ1n) is 6.80. The van der Waals surface area contributed by atoms with E-state index in [-0.39, 0.29) is 22.5 Å². The van der Waals surface area contributed by atoms with Crippen LogP contribution in [0, 0.1) is 0 Å². The number of hydrogen-bond donors (Lipinski definition) is 1. The van der Waals surface area contributed by atoms with Gasteiger partial charge >= 0.3 is 6.36 Å². The summed E-state index contributed by atoms with van der Waals surface area (Å²) >= 11 is 0. The van der Waals surface area contributed by atoms with Gasteiger partial charge in [-0.2, -0.15) is 0 Å². The van der Waals surface area contributed by atoms with Crippen LogP contribution >= 0.6 is 0 Å². The molecule has 0 atom stereocenters. The summed E-state index contributed by atoms with van der Waals surface area (Å²) in [7, 11) is -3.92. The van der Waals surface area contributed by atoms with Gasteiger partial charge in [-0.25, -0.2) is 17.8 Å². The molecule has 0 aliphatic rings. The van der Waals surface area contributed by atoms with Gasteiger partial charge in [-0.3, -0.25) is 0 Å². The Kier molecular flexibility index (Phi) is 4.35. The van der Waals surface area contributed by atoms with E-state index in [1.807, 2.05) is 0 Å². The number of aromatic nitrogens is 2. The first kappa shape index (κ1) is 17.2. The fourth-order valence-electron chi connectivity index (χ4n) is 2.06. The van der Waals surface area contributed by atoms with Crippen LogP contribution in [-0.4, -0.2) is 25.1 Å². The maximum atomic E-state index is 12.4. The van der Waals surface area contributed by atoms with Gasteiger partial charge in [0.25, 0.3) is 0 Å². The van der Waals surface area contributed by atoms with E-state index in [1.165, 1.54) is 24.3 Å². The van der Waals surface area contributed by atoms with Crippen molar-refractivity contribution in [2.45, 2.75) is 17.8 Å². The Balaban J connectivity index is 1.73. The first-order valence-corrected chi connectivity index (χ1v) is 8.28. The number of nitrogens with one attached hydrogen (secondary N) is 1. The van der Waals surface area contributed by atoms with Crippen LogP contribution in [0.5, 0.6) is 5.75 Å². The number of rotatable bonds is 5. The molecule has 0 saturated heterocycles. The molecule has 11 heteroatoms. The molecule has 0 unspecified atom stereocenters. The van der Waals surface area contributed by atoms with Crippen molar-refractivity contribution in [3.8, 4) is 5.75 Å². The number of ether oxygens (including phenoxy) is 1. The van der Waals surface area contributed by atoms with Crippen LogP contribution in [0.4, 0.5) is 13.2 Å². The lowest BCUT2D eigenvalue weighted by Crippen LogP contribution is -2.23.